The van der Waals surface area contributed by atoms with Crippen LogP contribution in [0.1, 0.15) is 46.5 Å². The van der Waals surface area contributed by atoms with Gasteiger partial charge in [0, 0.05) is 37.8 Å². The molecule has 0 aromatic rings. The van der Waals surface area contributed by atoms with E-state index in [1.807, 2.05) is 0 Å². The minimum Gasteiger partial charge on any atom is -0.380 e. The number of nitrogens with one attached hydrogen (secondary N) is 1. The molecule has 3 nitrogen and oxygen atoms in total. The van der Waals surface area contributed by atoms with Crippen molar-refractivity contribution < 1.29 is 4.74 Å². The molecule has 0 saturated carbocycles. The average molecular weight is 254 g/mol. The number of hydrogen-bond acceptors (Lipinski definition) is 3. The fourth-order valence-corrected chi connectivity index (χ4v) is 3.42. The van der Waals surface area contributed by atoms with Crippen molar-refractivity contribution in [3.8, 4) is 0 Å². The standard InChI is InChI=1S/C15H30N2O/c1-4-6-13-10-17(14-7-5-8-18-11-14)15(9-16-13)12(2)3/h12-16H,4-11H2,1-3H3. The third-order valence-electron chi connectivity index (χ3n) is 4.48. The molecule has 0 aromatic heterocycles. The number of hydrogen-bond donors (Lipinski definition) is 1. The first-order chi connectivity index (χ1) is 8.72. The van der Waals surface area contributed by atoms with E-state index in [-0.39, 0.29) is 0 Å². The smallest absolute Gasteiger partial charge is 0.0621 e. The maximum Gasteiger partial charge on any atom is 0.0621 e. The van der Waals surface area contributed by atoms with Crippen molar-refractivity contribution >= 4 is 0 Å². The molecule has 0 spiro atoms. The Morgan fingerprint density at radius 3 is 2.83 bits per heavy atom. The van der Waals surface area contributed by atoms with E-state index in [2.05, 4.69) is 31.0 Å². The van der Waals surface area contributed by atoms with Crippen molar-refractivity contribution in [2.75, 3.05) is 26.3 Å². The maximum absolute atomic E-state index is 5.70. The lowest BCUT2D eigenvalue weighted by Crippen LogP contribution is -2.62. The quantitative estimate of drug-likeness (QED) is 0.833. The number of rotatable bonds is 4. The number of nitrogens with zero attached hydrogens (tertiary/aromatic N) is 1. The van der Waals surface area contributed by atoms with E-state index in [4.69, 9.17) is 4.74 Å². The van der Waals surface area contributed by atoms with Crippen LogP contribution in [-0.2, 0) is 4.74 Å². The summed E-state index contributed by atoms with van der Waals surface area (Å²) in [7, 11) is 0. The van der Waals surface area contributed by atoms with Crippen LogP contribution in [-0.4, -0.2) is 49.3 Å². The predicted molar refractivity (Wildman–Crippen MR) is 75.9 cm³/mol. The normalized spacial score (nSPS) is 35.0. The van der Waals surface area contributed by atoms with Crippen molar-refractivity contribution in [2.45, 2.75) is 64.6 Å². The fourth-order valence-electron chi connectivity index (χ4n) is 3.42. The minimum absolute atomic E-state index is 0.660. The topological polar surface area (TPSA) is 24.5 Å². The van der Waals surface area contributed by atoms with Gasteiger partial charge < -0.3 is 10.1 Å². The fraction of sp³-hybridized carbons (Fsp3) is 1.00. The Balaban J connectivity index is 1.99. The second kappa shape index (κ2) is 6.88. The van der Waals surface area contributed by atoms with E-state index in [0.29, 0.717) is 18.1 Å². The first-order valence-electron chi connectivity index (χ1n) is 7.79. The summed E-state index contributed by atoms with van der Waals surface area (Å²) in [4.78, 5) is 2.75. The summed E-state index contributed by atoms with van der Waals surface area (Å²) >= 11 is 0. The Hall–Kier alpha value is -0.120. The van der Waals surface area contributed by atoms with E-state index in [1.54, 1.807) is 0 Å². The second-order valence-electron chi connectivity index (χ2n) is 6.27. The van der Waals surface area contributed by atoms with Crippen LogP contribution in [0.5, 0.6) is 0 Å². The van der Waals surface area contributed by atoms with Gasteiger partial charge in [0.1, 0.15) is 0 Å². The van der Waals surface area contributed by atoms with Crippen LogP contribution in [0.4, 0.5) is 0 Å². The highest BCUT2D eigenvalue weighted by Gasteiger charge is 2.34. The molecule has 0 aromatic carbocycles. The van der Waals surface area contributed by atoms with Crippen molar-refractivity contribution in [1.82, 2.24) is 10.2 Å². The number of ether oxygens (including phenoxy) is 1. The summed E-state index contributed by atoms with van der Waals surface area (Å²) in [6.07, 6.45) is 5.13. The van der Waals surface area contributed by atoms with Gasteiger partial charge in [0.25, 0.3) is 0 Å². The molecule has 2 aliphatic rings. The third kappa shape index (κ3) is 3.46. The lowest BCUT2D eigenvalue weighted by Gasteiger charge is -2.47. The molecule has 2 aliphatic heterocycles. The minimum atomic E-state index is 0.660. The van der Waals surface area contributed by atoms with Crippen LogP contribution in [0, 0.1) is 5.92 Å². The Bertz CT molecular complexity index is 239. The third-order valence-corrected chi connectivity index (χ3v) is 4.48. The monoisotopic (exact) mass is 254 g/mol. The zero-order valence-electron chi connectivity index (χ0n) is 12.3. The summed E-state index contributed by atoms with van der Waals surface area (Å²) < 4.78 is 5.70. The zero-order valence-corrected chi connectivity index (χ0v) is 12.3. The molecule has 2 rings (SSSR count). The molecule has 2 saturated heterocycles. The Morgan fingerprint density at radius 2 is 2.22 bits per heavy atom. The first kappa shape index (κ1) is 14.3. The second-order valence-corrected chi connectivity index (χ2v) is 6.27. The van der Waals surface area contributed by atoms with Crippen LogP contribution in [0.15, 0.2) is 0 Å². The van der Waals surface area contributed by atoms with Gasteiger partial charge in [-0.05, 0) is 25.2 Å². The lowest BCUT2D eigenvalue weighted by molar-refractivity contribution is -0.0261. The Labute approximate surface area is 112 Å². The van der Waals surface area contributed by atoms with Gasteiger partial charge in [-0.2, -0.15) is 0 Å². The highest BCUT2D eigenvalue weighted by molar-refractivity contribution is 4.91. The Kier molecular flexibility index (Phi) is 5.46. The summed E-state index contributed by atoms with van der Waals surface area (Å²) in [5.74, 6) is 0.724. The molecule has 0 radical (unpaired) electrons. The molecule has 2 fully saturated rings. The Morgan fingerprint density at radius 1 is 1.39 bits per heavy atom. The van der Waals surface area contributed by atoms with E-state index in [9.17, 15) is 0 Å². The largest absolute Gasteiger partial charge is 0.380 e. The molecular weight excluding hydrogens is 224 g/mol. The van der Waals surface area contributed by atoms with E-state index >= 15 is 0 Å². The van der Waals surface area contributed by atoms with Crippen molar-refractivity contribution in [2.24, 2.45) is 5.92 Å². The molecule has 2 heterocycles. The molecule has 3 atom stereocenters. The van der Waals surface area contributed by atoms with Crippen molar-refractivity contribution in [1.29, 1.82) is 0 Å². The van der Waals surface area contributed by atoms with Gasteiger partial charge in [-0.25, -0.2) is 0 Å². The predicted octanol–water partition coefficient (Wildman–Crippen LogP) is 2.26. The van der Waals surface area contributed by atoms with Gasteiger partial charge >= 0.3 is 0 Å². The maximum atomic E-state index is 5.70. The van der Waals surface area contributed by atoms with Crippen molar-refractivity contribution in [3.63, 3.8) is 0 Å². The highest BCUT2D eigenvalue weighted by Crippen LogP contribution is 2.23. The van der Waals surface area contributed by atoms with Gasteiger partial charge in [-0.3, -0.25) is 4.90 Å². The van der Waals surface area contributed by atoms with Crippen molar-refractivity contribution in [3.05, 3.63) is 0 Å². The highest BCUT2D eigenvalue weighted by atomic mass is 16.5. The SMILES string of the molecule is CCCC1CN(C2CCCOC2)C(C(C)C)CN1. The summed E-state index contributed by atoms with van der Waals surface area (Å²) in [5.41, 5.74) is 0. The van der Waals surface area contributed by atoms with Crippen LogP contribution in [0.25, 0.3) is 0 Å². The van der Waals surface area contributed by atoms with Crippen LogP contribution in [0.3, 0.4) is 0 Å². The van der Waals surface area contributed by atoms with Gasteiger partial charge in [0.15, 0.2) is 0 Å². The van der Waals surface area contributed by atoms with E-state index in [0.717, 1.165) is 25.7 Å². The molecule has 1 N–H and O–H groups in total. The molecule has 18 heavy (non-hydrogen) atoms. The molecular formula is C15H30N2O. The molecule has 0 bridgehead atoms. The molecule has 3 heteroatoms. The molecule has 106 valence electrons. The van der Waals surface area contributed by atoms with Gasteiger partial charge in [-0.1, -0.05) is 27.2 Å². The molecule has 0 amide bonds. The molecule has 0 aliphatic carbocycles. The van der Waals surface area contributed by atoms with E-state index in [1.165, 1.54) is 32.2 Å². The van der Waals surface area contributed by atoms with Crippen LogP contribution >= 0.6 is 0 Å². The summed E-state index contributed by atoms with van der Waals surface area (Å²) in [6, 6.07) is 2.03. The van der Waals surface area contributed by atoms with Crippen LogP contribution in [0.2, 0.25) is 0 Å². The van der Waals surface area contributed by atoms with Crippen LogP contribution < -0.4 is 5.32 Å². The zero-order chi connectivity index (χ0) is 13.0. The first-order valence-corrected chi connectivity index (χ1v) is 7.79. The lowest BCUT2D eigenvalue weighted by atomic mass is 9.93. The summed E-state index contributed by atoms with van der Waals surface area (Å²) in [6.45, 7) is 11.3. The van der Waals surface area contributed by atoms with Gasteiger partial charge in [0.05, 0.1) is 6.61 Å². The average Bonchev–Trinajstić information content (AvgIpc) is 2.40. The molecule has 3 unspecified atom stereocenters. The van der Waals surface area contributed by atoms with Gasteiger partial charge in [-0.15, -0.1) is 0 Å². The summed E-state index contributed by atoms with van der Waals surface area (Å²) in [5, 5.41) is 3.74. The number of piperazine rings is 1. The van der Waals surface area contributed by atoms with E-state index < -0.39 is 0 Å². The van der Waals surface area contributed by atoms with Gasteiger partial charge in [0.2, 0.25) is 0 Å².